The molecule has 8 nitrogen and oxygen atoms in total. The molecule has 3 aromatic rings. The van der Waals surface area contributed by atoms with E-state index in [0.29, 0.717) is 30.9 Å². The predicted molar refractivity (Wildman–Crippen MR) is 141 cm³/mol. The Balaban J connectivity index is 1.09. The molecular weight excluding hydrogens is 486 g/mol. The third-order valence-electron chi connectivity index (χ3n) is 8.31. The van der Waals surface area contributed by atoms with Gasteiger partial charge in [-0.3, -0.25) is 0 Å². The molecule has 2 fully saturated rings. The first kappa shape index (κ1) is 23.3. The fourth-order valence-electron chi connectivity index (χ4n) is 6.15. The number of anilines is 2. The van der Waals surface area contributed by atoms with Gasteiger partial charge in [0.25, 0.3) is 0 Å². The quantitative estimate of drug-likeness (QED) is 0.536. The smallest absolute Gasteiger partial charge is 0.175 e. The van der Waals surface area contributed by atoms with Crippen molar-refractivity contribution in [3.8, 4) is 5.75 Å². The van der Waals surface area contributed by atoms with Crippen LogP contribution in [-0.4, -0.2) is 58.5 Å². The van der Waals surface area contributed by atoms with Gasteiger partial charge in [0.2, 0.25) is 0 Å². The molecule has 2 aromatic heterocycles. The zero-order valence-electron chi connectivity index (χ0n) is 21.0. The van der Waals surface area contributed by atoms with E-state index in [2.05, 4.69) is 39.5 Å². The van der Waals surface area contributed by atoms with E-state index in [1.54, 1.807) is 6.20 Å². The highest BCUT2D eigenvalue weighted by Crippen LogP contribution is 2.46. The van der Waals surface area contributed by atoms with Crippen LogP contribution in [0.15, 0.2) is 46.5 Å². The van der Waals surface area contributed by atoms with Crippen LogP contribution in [0.1, 0.15) is 35.4 Å². The van der Waals surface area contributed by atoms with Crippen LogP contribution in [-0.2, 0) is 24.2 Å². The minimum absolute atomic E-state index is 0.141. The van der Waals surface area contributed by atoms with Crippen LogP contribution in [0.2, 0.25) is 0 Å². The fourth-order valence-corrected chi connectivity index (χ4v) is 7.08. The van der Waals surface area contributed by atoms with Crippen molar-refractivity contribution in [2.24, 2.45) is 5.41 Å². The molecule has 0 atom stereocenters. The molecule has 5 heterocycles. The topological polar surface area (TPSA) is 92.6 Å². The van der Waals surface area contributed by atoms with E-state index in [9.17, 15) is 5.11 Å². The summed E-state index contributed by atoms with van der Waals surface area (Å²) in [5, 5.41) is 14.5. The number of piperidine rings is 1. The standard InChI is InChI=1S/C28H31N5O3S/c1-18-26(37-22-6-9-29-24-23(22)36-17-28(32-24)15-35-16-28)31-21(14-34)25(30-18)33-10-7-27(8-11-33)12-19-4-2-3-5-20(19)13-27/h2-6,9,34H,7-8,10-17H2,1H3,(H,29,32). The Morgan fingerprint density at radius 3 is 2.49 bits per heavy atom. The number of hydrogen-bond acceptors (Lipinski definition) is 9. The molecule has 0 saturated carbocycles. The number of aryl methyl sites for hydroxylation is 1. The van der Waals surface area contributed by atoms with Crippen molar-refractivity contribution in [1.82, 2.24) is 15.0 Å². The molecule has 1 aliphatic carbocycles. The number of benzene rings is 1. The summed E-state index contributed by atoms with van der Waals surface area (Å²) in [7, 11) is 0. The van der Waals surface area contributed by atoms with Crippen molar-refractivity contribution >= 4 is 23.4 Å². The Hall–Kier alpha value is -2.88. The molecule has 2 N–H and O–H groups in total. The third-order valence-corrected chi connectivity index (χ3v) is 9.43. The van der Waals surface area contributed by atoms with Crippen molar-refractivity contribution in [2.75, 3.05) is 43.1 Å². The average molecular weight is 518 g/mol. The monoisotopic (exact) mass is 517 g/mol. The highest BCUT2D eigenvalue weighted by atomic mass is 32.2. The summed E-state index contributed by atoms with van der Waals surface area (Å²) in [6.07, 6.45) is 6.38. The van der Waals surface area contributed by atoms with Crippen LogP contribution in [0.5, 0.6) is 5.75 Å². The molecule has 0 unspecified atom stereocenters. The Labute approximate surface area is 220 Å². The second-order valence-corrected chi connectivity index (χ2v) is 12.0. The van der Waals surface area contributed by atoms with Crippen LogP contribution in [0, 0.1) is 12.3 Å². The van der Waals surface area contributed by atoms with Crippen LogP contribution < -0.4 is 15.0 Å². The second-order valence-electron chi connectivity index (χ2n) is 10.9. The molecule has 7 rings (SSSR count). The van der Waals surface area contributed by atoms with Gasteiger partial charge in [-0.25, -0.2) is 15.0 Å². The maximum atomic E-state index is 10.2. The second kappa shape index (κ2) is 8.85. The number of aliphatic hydroxyl groups excluding tert-OH is 1. The zero-order chi connectivity index (χ0) is 25.0. The molecule has 0 radical (unpaired) electrons. The molecular formula is C28H31N5O3S. The van der Waals surface area contributed by atoms with E-state index >= 15 is 0 Å². The van der Waals surface area contributed by atoms with Crippen LogP contribution in [0.4, 0.5) is 11.6 Å². The normalized spacial score (nSPS) is 20.6. The van der Waals surface area contributed by atoms with E-state index in [1.165, 1.54) is 35.7 Å². The van der Waals surface area contributed by atoms with Gasteiger partial charge in [-0.1, -0.05) is 36.0 Å². The highest BCUT2D eigenvalue weighted by molar-refractivity contribution is 7.99. The van der Waals surface area contributed by atoms with Gasteiger partial charge in [-0.15, -0.1) is 0 Å². The van der Waals surface area contributed by atoms with Gasteiger partial charge in [0.15, 0.2) is 17.4 Å². The number of fused-ring (bicyclic) bond motifs is 2. The van der Waals surface area contributed by atoms with Gasteiger partial charge in [0.1, 0.15) is 22.9 Å². The van der Waals surface area contributed by atoms with Gasteiger partial charge in [-0.2, -0.15) is 0 Å². The van der Waals surface area contributed by atoms with Crippen LogP contribution in [0.3, 0.4) is 0 Å². The van der Waals surface area contributed by atoms with Crippen molar-refractivity contribution < 1.29 is 14.6 Å². The molecule has 37 heavy (non-hydrogen) atoms. The van der Waals surface area contributed by atoms with Crippen molar-refractivity contribution in [3.63, 3.8) is 0 Å². The van der Waals surface area contributed by atoms with Crippen molar-refractivity contribution in [3.05, 3.63) is 59.0 Å². The molecule has 9 heteroatoms. The SMILES string of the molecule is Cc1nc(N2CCC3(CC2)Cc2ccccc2C3)c(CO)nc1Sc1ccnc2c1OCC1(COC1)N2. The largest absolute Gasteiger partial charge is 0.486 e. The first-order valence-corrected chi connectivity index (χ1v) is 13.8. The summed E-state index contributed by atoms with van der Waals surface area (Å²) in [5.74, 6) is 2.29. The summed E-state index contributed by atoms with van der Waals surface area (Å²) < 4.78 is 11.5. The van der Waals surface area contributed by atoms with E-state index < -0.39 is 0 Å². The van der Waals surface area contributed by atoms with Crippen molar-refractivity contribution in [2.45, 2.75) is 54.7 Å². The Morgan fingerprint density at radius 1 is 1.05 bits per heavy atom. The third kappa shape index (κ3) is 4.04. The number of nitrogens with zero attached hydrogens (tertiary/aromatic N) is 4. The molecule has 192 valence electrons. The van der Waals surface area contributed by atoms with Gasteiger partial charge in [-0.05, 0) is 55.2 Å². The number of nitrogens with one attached hydrogen (secondary N) is 1. The maximum absolute atomic E-state index is 10.2. The molecule has 1 aromatic carbocycles. The lowest BCUT2D eigenvalue weighted by Crippen LogP contribution is -2.61. The Morgan fingerprint density at radius 2 is 1.81 bits per heavy atom. The minimum Gasteiger partial charge on any atom is -0.486 e. The number of aromatic nitrogens is 3. The Kier molecular flexibility index (Phi) is 5.56. The minimum atomic E-state index is -0.168. The highest BCUT2D eigenvalue weighted by Gasteiger charge is 2.44. The zero-order valence-corrected chi connectivity index (χ0v) is 21.8. The number of hydrogen-bond donors (Lipinski definition) is 2. The van der Waals surface area contributed by atoms with Gasteiger partial charge in [0.05, 0.1) is 30.4 Å². The van der Waals surface area contributed by atoms with Crippen LogP contribution in [0.25, 0.3) is 0 Å². The molecule has 3 aliphatic heterocycles. The average Bonchev–Trinajstić information content (AvgIpc) is 3.26. The summed E-state index contributed by atoms with van der Waals surface area (Å²) in [4.78, 5) is 17.6. The fraction of sp³-hybridized carbons (Fsp3) is 0.464. The molecule has 4 aliphatic rings. The maximum Gasteiger partial charge on any atom is 0.175 e. The lowest BCUT2D eigenvalue weighted by atomic mass is 9.76. The Bertz CT molecular complexity index is 1330. The van der Waals surface area contributed by atoms with E-state index in [-0.39, 0.29) is 12.1 Å². The summed E-state index contributed by atoms with van der Waals surface area (Å²) in [6, 6.07) is 10.8. The van der Waals surface area contributed by atoms with Gasteiger partial charge >= 0.3 is 0 Å². The van der Waals surface area contributed by atoms with E-state index in [0.717, 1.165) is 58.9 Å². The lowest BCUT2D eigenvalue weighted by molar-refractivity contribution is -0.0652. The first-order chi connectivity index (χ1) is 18.1. The predicted octanol–water partition coefficient (Wildman–Crippen LogP) is 3.78. The summed E-state index contributed by atoms with van der Waals surface area (Å²) >= 11 is 1.51. The number of pyridine rings is 1. The van der Waals surface area contributed by atoms with Gasteiger partial charge in [0, 0.05) is 19.3 Å². The first-order valence-electron chi connectivity index (χ1n) is 13.0. The number of aliphatic hydroxyl groups is 1. The number of rotatable bonds is 4. The lowest BCUT2D eigenvalue weighted by Gasteiger charge is -2.45. The summed E-state index contributed by atoms with van der Waals surface area (Å²) in [6.45, 7) is 5.52. The molecule has 0 amide bonds. The van der Waals surface area contributed by atoms with E-state index in [1.807, 2.05) is 13.0 Å². The number of ether oxygens (including phenoxy) is 2. The van der Waals surface area contributed by atoms with Gasteiger partial charge < -0.3 is 24.8 Å². The summed E-state index contributed by atoms with van der Waals surface area (Å²) in [5.41, 5.74) is 4.70. The van der Waals surface area contributed by atoms with E-state index in [4.69, 9.17) is 19.4 Å². The van der Waals surface area contributed by atoms with Crippen molar-refractivity contribution in [1.29, 1.82) is 0 Å². The molecule has 2 spiro atoms. The van der Waals surface area contributed by atoms with Crippen LogP contribution >= 0.6 is 11.8 Å². The molecule has 2 saturated heterocycles. The molecule has 0 bridgehead atoms.